The molecule has 0 saturated carbocycles. The van der Waals surface area contributed by atoms with Crippen LogP contribution in [-0.4, -0.2) is 21.2 Å². The van der Waals surface area contributed by atoms with Gasteiger partial charge in [-0.3, -0.25) is 0 Å². The average Bonchev–Trinajstić information content (AvgIpc) is 2.34. The van der Waals surface area contributed by atoms with E-state index in [0.717, 1.165) is 5.54 Å². The highest BCUT2D eigenvalue weighted by molar-refractivity contribution is 6.81. The highest BCUT2D eigenvalue weighted by Crippen LogP contribution is 2.45. The van der Waals surface area contributed by atoms with Crippen molar-refractivity contribution in [2.45, 2.75) is 50.9 Å². The Morgan fingerprint density at radius 2 is 1.83 bits per heavy atom. The van der Waals surface area contributed by atoms with Gasteiger partial charge in [-0.2, -0.15) is 0 Å². The highest BCUT2D eigenvalue weighted by Gasteiger charge is 2.42. The summed E-state index contributed by atoms with van der Waals surface area (Å²) in [4.78, 5) is 0. The summed E-state index contributed by atoms with van der Waals surface area (Å²) < 4.78 is 0. The number of nitrogens with one attached hydrogen (secondary N) is 1. The van der Waals surface area contributed by atoms with Crippen LogP contribution >= 0.6 is 0 Å². The predicted molar refractivity (Wildman–Crippen MR) is 58.4 cm³/mol. The smallest absolute Gasteiger partial charge is 0.0571 e. The Labute approximate surface area is 77.9 Å². The fourth-order valence-corrected chi connectivity index (χ4v) is 4.63. The summed E-state index contributed by atoms with van der Waals surface area (Å²) >= 11 is 0. The van der Waals surface area contributed by atoms with Gasteiger partial charge in [0.15, 0.2) is 0 Å². The van der Waals surface area contributed by atoms with Gasteiger partial charge in [-0.05, 0) is 30.1 Å². The topological polar surface area (TPSA) is 12.0 Å². The largest absolute Gasteiger partial charge is 0.317 e. The lowest BCUT2D eigenvalue weighted by molar-refractivity contribution is 0.682. The first-order valence-corrected chi connectivity index (χ1v) is 8.14. The van der Waals surface area contributed by atoms with E-state index in [1.54, 1.807) is 0 Å². The van der Waals surface area contributed by atoms with E-state index >= 15 is 0 Å². The lowest BCUT2D eigenvalue weighted by atomic mass is 10.2. The first-order chi connectivity index (χ1) is 5.36. The fraction of sp³-hybridized carbons (Fsp3) is 1.00. The fourth-order valence-electron chi connectivity index (χ4n) is 1.88. The van der Waals surface area contributed by atoms with Gasteiger partial charge in [-0.1, -0.05) is 33.9 Å². The zero-order chi connectivity index (χ0) is 9.41. The molecule has 1 saturated heterocycles. The van der Waals surface area contributed by atoms with E-state index in [4.69, 9.17) is 0 Å². The summed E-state index contributed by atoms with van der Waals surface area (Å²) in [5.41, 5.74) is 0.998. The normalized spacial score (nSPS) is 26.2. The summed E-state index contributed by atoms with van der Waals surface area (Å²) in [6.07, 6.45) is 1.41. The Morgan fingerprint density at radius 3 is 2.17 bits per heavy atom. The van der Waals surface area contributed by atoms with Crippen LogP contribution in [0, 0.1) is 0 Å². The third-order valence-electron chi connectivity index (χ3n) is 4.01. The quantitative estimate of drug-likeness (QED) is 0.619. The van der Waals surface area contributed by atoms with Gasteiger partial charge in [0, 0.05) is 0 Å². The van der Waals surface area contributed by atoms with Gasteiger partial charge >= 0.3 is 0 Å². The third kappa shape index (κ3) is 1.74. The highest BCUT2D eigenvalue weighted by atomic mass is 28.3. The van der Waals surface area contributed by atoms with Gasteiger partial charge in [0.25, 0.3) is 0 Å². The van der Waals surface area contributed by atoms with Crippen LogP contribution in [0.25, 0.3) is 0 Å². The molecule has 0 bridgehead atoms. The minimum absolute atomic E-state index is 0.559. The molecule has 1 atom stereocenters. The molecular weight excluding hydrogens is 162 g/mol. The number of rotatable bonds is 1. The number of hydrogen-bond acceptors (Lipinski definition) is 1. The van der Waals surface area contributed by atoms with Crippen LogP contribution < -0.4 is 5.32 Å². The van der Waals surface area contributed by atoms with Gasteiger partial charge < -0.3 is 5.32 Å². The molecule has 0 aliphatic carbocycles. The Morgan fingerprint density at radius 1 is 1.25 bits per heavy atom. The summed E-state index contributed by atoms with van der Waals surface area (Å²) in [6, 6.07) is 0. The van der Waals surface area contributed by atoms with E-state index < -0.39 is 8.07 Å². The zero-order valence-electron chi connectivity index (χ0n) is 9.20. The van der Waals surface area contributed by atoms with Crippen molar-refractivity contribution in [3.63, 3.8) is 0 Å². The second-order valence-corrected chi connectivity index (χ2v) is 11.4. The monoisotopic (exact) mass is 185 g/mol. The molecule has 0 unspecified atom stereocenters. The maximum Gasteiger partial charge on any atom is 0.0571 e. The molecule has 1 rings (SSSR count). The molecule has 0 radical (unpaired) electrons. The molecule has 1 nitrogen and oxygen atoms in total. The molecule has 72 valence electrons. The van der Waals surface area contributed by atoms with Crippen LogP contribution in [0.4, 0.5) is 0 Å². The van der Waals surface area contributed by atoms with Crippen LogP contribution in [0.1, 0.15) is 27.2 Å². The lowest BCUT2D eigenvalue weighted by Gasteiger charge is -2.41. The van der Waals surface area contributed by atoms with Crippen molar-refractivity contribution in [1.82, 2.24) is 5.32 Å². The van der Waals surface area contributed by atoms with Gasteiger partial charge in [0.2, 0.25) is 0 Å². The second-order valence-electron chi connectivity index (χ2n) is 5.66. The van der Waals surface area contributed by atoms with Crippen LogP contribution in [-0.2, 0) is 0 Å². The molecule has 1 heterocycles. The molecular formula is C10H23NSi. The molecule has 0 aromatic carbocycles. The Balaban J connectivity index is 2.69. The van der Waals surface area contributed by atoms with Crippen molar-refractivity contribution < 1.29 is 0 Å². The zero-order valence-corrected chi connectivity index (χ0v) is 10.2. The van der Waals surface area contributed by atoms with Crippen molar-refractivity contribution in [1.29, 1.82) is 0 Å². The minimum atomic E-state index is -1.03. The van der Waals surface area contributed by atoms with Crippen molar-refractivity contribution >= 4 is 8.07 Å². The molecule has 1 N–H and O–H groups in total. The molecule has 0 spiro atoms. The molecule has 1 fully saturated rings. The third-order valence-corrected chi connectivity index (χ3v) is 10.4. The number of hydrogen-bond donors (Lipinski definition) is 1. The van der Waals surface area contributed by atoms with E-state index in [-0.39, 0.29) is 0 Å². The van der Waals surface area contributed by atoms with Gasteiger partial charge in [0.1, 0.15) is 0 Å². The molecule has 1 aliphatic rings. The van der Waals surface area contributed by atoms with Crippen LogP contribution in [0.2, 0.25) is 23.7 Å². The van der Waals surface area contributed by atoms with E-state index in [1.807, 2.05) is 0 Å². The van der Waals surface area contributed by atoms with Crippen molar-refractivity contribution in [3.05, 3.63) is 0 Å². The van der Waals surface area contributed by atoms with Gasteiger partial charge in [0.05, 0.1) is 8.07 Å². The summed E-state index contributed by atoms with van der Waals surface area (Å²) in [5.74, 6) is 0. The molecule has 0 aromatic heterocycles. The molecule has 2 heteroatoms. The maximum atomic E-state index is 3.49. The molecule has 0 aromatic rings. The molecule has 12 heavy (non-hydrogen) atoms. The predicted octanol–water partition coefficient (Wildman–Crippen LogP) is 2.86. The summed E-state index contributed by atoms with van der Waals surface area (Å²) in [6.45, 7) is 14.9. The van der Waals surface area contributed by atoms with Crippen LogP contribution in [0.5, 0.6) is 0 Å². The van der Waals surface area contributed by atoms with Crippen LogP contribution in [0.3, 0.4) is 0 Å². The summed E-state index contributed by atoms with van der Waals surface area (Å²) in [5, 5.41) is 4.04. The van der Waals surface area contributed by atoms with E-state index in [2.05, 4.69) is 39.2 Å². The van der Waals surface area contributed by atoms with Gasteiger partial charge in [-0.15, -0.1) is 0 Å². The van der Waals surface area contributed by atoms with Gasteiger partial charge in [-0.25, -0.2) is 0 Å². The minimum Gasteiger partial charge on any atom is -0.317 e. The second kappa shape index (κ2) is 3.15. The van der Waals surface area contributed by atoms with Crippen molar-refractivity contribution in [3.8, 4) is 0 Å². The SMILES string of the molecule is CC(C)(C)[Si](C)(C)[C@@H]1CCNC1. The van der Waals surface area contributed by atoms with E-state index in [9.17, 15) is 0 Å². The van der Waals surface area contributed by atoms with Crippen molar-refractivity contribution in [2.24, 2.45) is 0 Å². The Kier molecular flexibility index (Phi) is 2.69. The summed E-state index contributed by atoms with van der Waals surface area (Å²) in [7, 11) is -1.03. The standard InChI is InChI=1S/C10H23NSi/c1-10(2,3)12(4,5)9-6-7-11-8-9/h9,11H,6-8H2,1-5H3/t9-/m1/s1. The van der Waals surface area contributed by atoms with Crippen molar-refractivity contribution in [2.75, 3.05) is 13.1 Å². The average molecular weight is 185 g/mol. The lowest BCUT2D eigenvalue weighted by Crippen LogP contribution is -2.42. The Bertz CT molecular complexity index is 152. The molecule has 1 aliphatic heterocycles. The Hall–Kier alpha value is 0.177. The maximum absolute atomic E-state index is 3.49. The van der Waals surface area contributed by atoms with E-state index in [1.165, 1.54) is 19.5 Å². The van der Waals surface area contributed by atoms with E-state index in [0.29, 0.717) is 5.04 Å². The molecule has 0 amide bonds. The first kappa shape index (κ1) is 10.3. The first-order valence-electron chi connectivity index (χ1n) is 5.06. The van der Waals surface area contributed by atoms with Crippen LogP contribution in [0.15, 0.2) is 0 Å².